The summed E-state index contributed by atoms with van der Waals surface area (Å²) in [6, 6.07) is 13.7. The summed E-state index contributed by atoms with van der Waals surface area (Å²) < 4.78 is 1.13. The van der Waals surface area contributed by atoms with Gasteiger partial charge in [0.25, 0.3) is 0 Å². The van der Waals surface area contributed by atoms with E-state index >= 15 is 0 Å². The first-order valence-corrected chi connectivity index (χ1v) is 7.53. The average Bonchev–Trinajstić information content (AvgIpc) is 2.41. The van der Waals surface area contributed by atoms with Gasteiger partial charge in [-0.15, -0.1) is 12.4 Å². The Hall–Kier alpha value is -0.830. The summed E-state index contributed by atoms with van der Waals surface area (Å²) in [6.45, 7) is 5.45. The van der Waals surface area contributed by atoms with E-state index < -0.39 is 0 Å². The molecular weight excluding hydrogens is 334 g/mol. The van der Waals surface area contributed by atoms with Gasteiger partial charge < -0.3 is 5.32 Å². The minimum absolute atomic E-state index is 0. The Morgan fingerprint density at radius 2 is 1.70 bits per heavy atom. The van der Waals surface area contributed by atoms with Gasteiger partial charge in [-0.05, 0) is 60.2 Å². The molecule has 0 amide bonds. The van der Waals surface area contributed by atoms with Crippen molar-refractivity contribution in [3.63, 3.8) is 0 Å². The molecule has 0 radical (unpaired) electrons. The van der Waals surface area contributed by atoms with E-state index in [1.807, 2.05) is 0 Å². The first-order chi connectivity index (χ1) is 9.15. The quantitative estimate of drug-likeness (QED) is 0.783. The monoisotopic (exact) mass is 351 g/mol. The van der Waals surface area contributed by atoms with Crippen LogP contribution in [0.2, 0.25) is 0 Å². The molecule has 2 aromatic carbocycles. The summed E-state index contributed by atoms with van der Waals surface area (Å²) in [5.41, 5.74) is 7.05. The van der Waals surface area contributed by atoms with Crippen molar-refractivity contribution in [2.24, 2.45) is 0 Å². The second-order valence-electron chi connectivity index (χ2n) is 5.32. The van der Waals surface area contributed by atoms with E-state index in [1.165, 1.54) is 27.8 Å². The zero-order chi connectivity index (χ0) is 13.4. The number of hydrogen-bond donors (Lipinski definition) is 1. The van der Waals surface area contributed by atoms with Gasteiger partial charge in [0.15, 0.2) is 0 Å². The van der Waals surface area contributed by atoms with E-state index in [-0.39, 0.29) is 12.4 Å². The Morgan fingerprint density at radius 1 is 1.05 bits per heavy atom. The molecule has 1 N–H and O–H groups in total. The van der Waals surface area contributed by atoms with Crippen molar-refractivity contribution in [1.29, 1.82) is 0 Å². The second kappa shape index (κ2) is 6.30. The number of nitrogens with one attached hydrogen (secondary N) is 1. The molecule has 106 valence electrons. The Labute approximate surface area is 135 Å². The number of benzene rings is 2. The van der Waals surface area contributed by atoms with Crippen LogP contribution in [0.25, 0.3) is 0 Å². The molecule has 0 saturated heterocycles. The molecule has 1 nitrogen and oxygen atoms in total. The van der Waals surface area contributed by atoms with Crippen LogP contribution < -0.4 is 5.32 Å². The lowest BCUT2D eigenvalue weighted by Crippen LogP contribution is -2.30. The molecule has 0 aromatic heterocycles. The lowest BCUT2D eigenvalue weighted by molar-refractivity contribution is 0.567. The van der Waals surface area contributed by atoms with Gasteiger partial charge in [0, 0.05) is 11.0 Å². The Morgan fingerprint density at radius 3 is 2.40 bits per heavy atom. The van der Waals surface area contributed by atoms with Crippen LogP contribution in [0.15, 0.2) is 40.9 Å². The molecule has 1 heterocycles. The molecule has 2 aromatic rings. The third-order valence-corrected chi connectivity index (χ3v) is 4.54. The molecule has 3 heteroatoms. The van der Waals surface area contributed by atoms with Gasteiger partial charge in [-0.25, -0.2) is 0 Å². The SMILES string of the molecule is Cc1cc2c(cc1C)C(c1ccc(Br)cc1)NCC2.Cl. The van der Waals surface area contributed by atoms with Crippen molar-refractivity contribution in [3.05, 3.63) is 68.7 Å². The molecule has 0 saturated carbocycles. The standard InChI is InChI=1S/C17H18BrN.ClH/c1-11-9-14-7-8-19-17(16(14)10-12(11)2)13-3-5-15(18)6-4-13;/h3-6,9-10,17,19H,7-8H2,1-2H3;1H. The first kappa shape index (κ1) is 15.6. The van der Waals surface area contributed by atoms with E-state index in [2.05, 4.69) is 71.5 Å². The van der Waals surface area contributed by atoms with Crippen LogP contribution >= 0.6 is 28.3 Å². The highest BCUT2D eigenvalue weighted by atomic mass is 79.9. The van der Waals surface area contributed by atoms with Crippen molar-refractivity contribution in [2.45, 2.75) is 26.3 Å². The van der Waals surface area contributed by atoms with Gasteiger partial charge in [-0.3, -0.25) is 0 Å². The number of halogens is 2. The summed E-state index contributed by atoms with van der Waals surface area (Å²) in [4.78, 5) is 0. The molecule has 1 atom stereocenters. The van der Waals surface area contributed by atoms with Gasteiger partial charge in [0.2, 0.25) is 0 Å². The highest BCUT2D eigenvalue weighted by Crippen LogP contribution is 2.31. The van der Waals surface area contributed by atoms with Gasteiger partial charge in [0.05, 0.1) is 6.04 Å². The summed E-state index contributed by atoms with van der Waals surface area (Å²) in [5.74, 6) is 0. The maximum Gasteiger partial charge on any atom is 0.0579 e. The summed E-state index contributed by atoms with van der Waals surface area (Å²) in [7, 11) is 0. The van der Waals surface area contributed by atoms with Gasteiger partial charge in [-0.1, -0.05) is 40.2 Å². The number of fused-ring (bicyclic) bond motifs is 1. The van der Waals surface area contributed by atoms with E-state index in [0.29, 0.717) is 6.04 Å². The summed E-state index contributed by atoms with van der Waals surface area (Å²) in [6.07, 6.45) is 1.13. The molecule has 1 aliphatic heterocycles. The van der Waals surface area contributed by atoms with Crippen LogP contribution in [0.3, 0.4) is 0 Å². The normalized spacial score (nSPS) is 17.2. The first-order valence-electron chi connectivity index (χ1n) is 6.74. The topological polar surface area (TPSA) is 12.0 Å². The average molecular weight is 353 g/mol. The van der Waals surface area contributed by atoms with Crippen molar-refractivity contribution < 1.29 is 0 Å². The minimum atomic E-state index is 0. The second-order valence-corrected chi connectivity index (χ2v) is 6.24. The van der Waals surface area contributed by atoms with Crippen molar-refractivity contribution in [2.75, 3.05) is 6.54 Å². The maximum absolute atomic E-state index is 3.64. The van der Waals surface area contributed by atoms with Crippen molar-refractivity contribution >= 4 is 28.3 Å². The van der Waals surface area contributed by atoms with Crippen LogP contribution in [0, 0.1) is 13.8 Å². The lowest BCUT2D eigenvalue weighted by Gasteiger charge is -2.28. The Balaban J connectivity index is 0.00000147. The zero-order valence-electron chi connectivity index (χ0n) is 11.7. The fourth-order valence-corrected chi connectivity index (χ4v) is 3.06. The van der Waals surface area contributed by atoms with E-state index in [4.69, 9.17) is 0 Å². The smallest absolute Gasteiger partial charge is 0.0579 e. The summed E-state index contributed by atoms with van der Waals surface area (Å²) in [5, 5.41) is 3.64. The largest absolute Gasteiger partial charge is 0.306 e. The number of aryl methyl sites for hydroxylation is 2. The third kappa shape index (κ3) is 2.93. The molecule has 1 aliphatic rings. The van der Waals surface area contributed by atoms with Gasteiger partial charge in [-0.2, -0.15) is 0 Å². The molecule has 3 rings (SSSR count). The fourth-order valence-electron chi connectivity index (χ4n) is 2.80. The molecule has 1 unspecified atom stereocenters. The highest BCUT2D eigenvalue weighted by Gasteiger charge is 2.21. The van der Waals surface area contributed by atoms with E-state index in [9.17, 15) is 0 Å². The molecule has 0 bridgehead atoms. The lowest BCUT2D eigenvalue weighted by atomic mass is 9.87. The fraction of sp³-hybridized carbons (Fsp3) is 0.294. The maximum atomic E-state index is 3.64. The number of hydrogen-bond acceptors (Lipinski definition) is 1. The number of rotatable bonds is 1. The zero-order valence-corrected chi connectivity index (χ0v) is 14.1. The Bertz CT molecular complexity index is 607. The summed E-state index contributed by atoms with van der Waals surface area (Å²) >= 11 is 3.50. The van der Waals surface area contributed by atoms with Crippen LogP contribution in [0.4, 0.5) is 0 Å². The van der Waals surface area contributed by atoms with Crippen molar-refractivity contribution in [1.82, 2.24) is 5.32 Å². The molecule has 20 heavy (non-hydrogen) atoms. The van der Waals surface area contributed by atoms with Gasteiger partial charge >= 0.3 is 0 Å². The van der Waals surface area contributed by atoms with Gasteiger partial charge in [0.1, 0.15) is 0 Å². The van der Waals surface area contributed by atoms with E-state index in [1.54, 1.807) is 0 Å². The van der Waals surface area contributed by atoms with Crippen LogP contribution in [-0.4, -0.2) is 6.54 Å². The highest BCUT2D eigenvalue weighted by molar-refractivity contribution is 9.10. The van der Waals surface area contributed by atoms with Crippen molar-refractivity contribution in [3.8, 4) is 0 Å². The predicted octanol–water partition coefficient (Wildman–Crippen LogP) is 4.72. The molecule has 0 spiro atoms. The van der Waals surface area contributed by atoms with E-state index in [0.717, 1.165) is 17.4 Å². The molecule has 0 fully saturated rings. The Kier molecular flexibility index (Phi) is 4.90. The predicted molar refractivity (Wildman–Crippen MR) is 90.9 cm³/mol. The molecular formula is C17H19BrClN. The van der Waals surface area contributed by atoms with Crippen LogP contribution in [-0.2, 0) is 6.42 Å². The minimum Gasteiger partial charge on any atom is -0.306 e. The van der Waals surface area contributed by atoms with Crippen LogP contribution in [0.1, 0.15) is 33.9 Å². The molecule has 0 aliphatic carbocycles. The third-order valence-electron chi connectivity index (χ3n) is 4.01. The van der Waals surface area contributed by atoms with Crippen LogP contribution in [0.5, 0.6) is 0 Å².